The number of ketones is 1. The molecule has 0 saturated heterocycles. The molecule has 17 heteroatoms. The SMILES string of the molecule is COc1ccc2c(C(=O)c3cc(OC)c(OC)c(OC)c3)nn(S(=O)(=O)N(C)C(=O)OCc3ccc([N+](=O)[O-])o3)c2c1. The lowest BCUT2D eigenvalue weighted by Gasteiger charge is -2.17. The van der Waals surface area contributed by atoms with Crippen molar-refractivity contribution in [2.75, 3.05) is 35.5 Å². The highest BCUT2D eigenvalue weighted by Crippen LogP contribution is 2.39. The van der Waals surface area contributed by atoms with Crippen molar-refractivity contribution in [2.45, 2.75) is 6.61 Å². The average molecular weight is 605 g/mol. The molecule has 2 aromatic carbocycles. The van der Waals surface area contributed by atoms with Crippen molar-refractivity contribution in [1.29, 1.82) is 0 Å². The molecular formula is C25H24N4O12S. The molecule has 0 aliphatic rings. The van der Waals surface area contributed by atoms with Gasteiger partial charge in [0.15, 0.2) is 18.1 Å². The Kier molecular flexibility index (Phi) is 8.23. The number of hydrogen-bond donors (Lipinski definition) is 0. The van der Waals surface area contributed by atoms with Crippen LogP contribution in [0.5, 0.6) is 23.0 Å². The molecule has 222 valence electrons. The van der Waals surface area contributed by atoms with Gasteiger partial charge < -0.3 is 28.1 Å². The maximum absolute atomic E-state index is 13.7. The van der Waals surface area contributed by atoms with Gasteiger partial charge >= 0.3 is 22.2 Å². The van der Waals surface area contributed by atoms with Crippen molar-refractivity contribution >= 4 is 38.9 Å². The van der Waals surface area contributed by atoms with Crippen LogP contribution in [0.25, 0.3) is 10.9 Å². The summed E-state index contributed by atoms with van der Waals surface area (Å²) in [6, 6.07) is 9.30. The third-order valence-electron chi connectivity index (χ3n) is 5.99. The second-order valence-corrected chi connectivity index (χ2v) is 10.1. The third kappa shape index (κ3) is 5.36. The van der Waals surface area contributed by atoms with E-state index in [-0.39, 0.29) is 55.2 Å². The Balaban J connectivity index is 1.74. The zero-order valence-corrected chi connectivity index (χ0v) is 23.7. The van der Waals surface area contributed by atoms with E-state index in [9.17, 15) is 28.1 Å². The van der Waals surface area contributed by atoms with Crippen LogP contribution in [0.4, 0.5) is 10.7 Å². The summed E-state index contributed by atoms with van der Waals surface area (Å²) in [4.78, 5) is 36.4. The minimum Gasteiger partial charge on any atom is -0.497 e. The number of amides is 1. The molecule has 16 nitrogen and oxygen atoms in total. The van der Waals surface area contributed by atoms with E-state index in [2.05, 4.69) is 5.10 Å². The summed E-state index contributed by atoms with van der Waals surface area (Å²) >= 11 is 0. The summed E-state index contributed by atoms with van der Waals surface area (Å²) in [5, 5.41) is 15.0. The Bertz CT molecular complexity index is 1770. The van der Waals surface area contributed by atoms with Crippen molar-refractivity contribution in [1.82, 2.24) is 13.5 Å². The lowest BCUT2D eigenvalue weighted by molar-refractivity contribution is -0.402. The Labute approximate surface area is 238 Å². The second-order valence-electron chi connectivity index (χ2n) is 8.34. The molecule has 0 spiro atoms. The van der Waals surface area contributed by atoms with Crippen LogP contribution in [-0.2, 0) is 21.6 Å². The Morgan fingerprint density at radius 3 is 2.21 bits per heavy atom. The number of carbonyl (C=O) groups excluding carboxylic acids is 2. The normalized spacial score (nSPS) is 11.2. The van der Waals surface area contributed by atoms with E-state index >= 15 is 0 Å². The third-order valence-corrected chi connectivity index (χ3v) is 7.54. The minimum absolute atomic E-state index is 0.0459. The molecule has 42 heavy (non-hydrogen) atoms. The van der Waals surface area contributed by atoms with Gasteiger partial charge in [-0.15, -0.1) is 4.09 Å². The summed E-state index contributed by atoms with van der Waals surface area (Å²) < 4.78 is 58.9. The van der Waals surface area contributed by atoms with Crippen LogP contribution in [0.1, 0.15) is 21.8 Å². The van der Waals surface area contributed by atoms with Gasteiger partial charge in [0.25, 0.3) is 0 Å². The Morgan fingerprint density at radius 2 is 1.67 bits per heavy atom. The van der Waals surface area contributed by atoms with Gasteiger partial charge in [-0.3, -0.25) is 14.9 Å². The standard InChI is InChI=1S/C25H24N4O12S/c1-27(25(31)40-13-16-7-9-21(41-16)29(32)33)42(34,35)28-18-12-15(36-2)6-8-17(18)22(26-28)23(30)14-10-19(37-3)24(39-5)20(11-14)38-4/h6-12H,13H2,1-5H3. The summed E-state index contributed by atoms with van der Waals surface area (Å²) in [7, 11) is 1.63. The van der Waals surface area contributed by atoms with Gasteiger partial charge in [-0.2, -0.15) is 17.8 Å². The molecular weight excluding hydrogens is 580 g/mol. The van der Waals surface area contributed by atoms with Crippen LogP contribution in [0.2, 0.25) is 0 Å². The maximum Gasteiger partial charge on any atom is 0.433 e. The fourth-order valence-corrected chi connectivity index (χ4v) is 4.92. The topological polar surface area (TPSA) is 192 Å². The van der Waals surface area contributed by atoms with Crippen LogP contribution in [0.15, 0.2) is 46.9 Å². The van der Waals surface area contributed by atoms with E-state index in [0.29, 0.717) is 4.09 Å². The molecule has 0 aliphatic carbocycles. The fraction of sp³-hybridized carbons (Fsp3) is 0.240. The van der Waals surface area contributed by atoms with Gasteiger partial charge in [-0.1, -0.05) is 0 Å². The molecule has 2 heterocycles. The summed E-state index contributed by atoms with van der Waals surface area (Å²) in [6.45, 7) is -0.592. The number of rotatable bonds is 11. The summed E-state index contributed by atoms with van der Waals surface area (Å²) in [5.41, 5.74) is -0.300. The van der Waals surface area contributed by atoms with Crippen LogP contribution in [0.3, 0.4) is 0 Å². The lowest BCUT2D eigenvalue weighted by atomic mass is 10.0. The quantitative estimate of drug-likeness (QED) is 0.138. The zero-order valence-electron chi connectivity index (χ0n) is 22.8. The molecule has 2 aromatic heterocycles. The lowest BCUT2D eigenvalue weighted by Crippen LogP contribution is -2.38. The fourth-order valence-electron chi connectivity index (χ4n) is 3.86. The molecule has 0 aliphatic heterocycles. The van der Waals surface area contributed by atoms with Gasteiger partial charge in [0.1, 0.15) is 22.1 Å². The smallest absolute Gasteiger partial charge is 0.433 e. The number of fused-ring (bicyclic) bond motifs is 1. The molecule has 0 fully saturated rings. The van der Waals surface area contributed by atoms with Crippen LogP contribution in [0, 0.1) is 10.1 Å². The summed E-state index contributed by atoms with van der Waals surface area (Å²) in [5.74, 6) is -0.510. The molecule has 0 unspecified atom stereocenters. The Hall–Kier alpha value is -5.32. The number of furan rings is 1. The van der Waals surface area contributed by atoms with Crippen LogP contribution in [-0.4, -0.2) is 74.2 Å². The maximum atomic E-state index is 13.7. The average Bonchev–Trinajstić information content (AvgIpc) is 3.63. The number of methoxy groups -OCH3 is 4. The molecule has 0 radical (unpaired) electrons. The highest BCUT2D eigenvalue weighted by Gasteiger charge is 2.32. The number of ether oxygens (including phenoxy) is 5. The first-order valence-corrected chi connectivity index (χ1v) is 13.2. The molecule has 0 saturated carbocycles. The number of hydrogen-bond acceptors (Lipinski definition) is 13. The minimum atomic E-state index is -4.79. The largest absolute Gasteiger partial charge is 0.497 e. The van der Waals surface area contributed by atoms with E-state index in [1.807, 2.05) is 0 Å². The molecule has 4 aromatic rings. The van der Waals surface area contributed by atoms with Crippen molar-refractivity contribution in [2.24, 2.45) is 0 Å². The van der Waals surface area contributed by atoms with E-state index in [4.69, 9.17) is 28.1 Å². The van der Waals surface area contributed by atoms with Gasteiger partial charge in [0.2, 0.25) is 11.5 Å². The van der Waals surface area contributed by atoms with E-state index in [1.165, 1.54) is 64.8 Å². The monoisotopic (exact) mass is 604 g/mol. The number of nitrogens with zero attached hydrogens (tertiary/aromatic N) is 4. The molecule has 0 atom stereocenters. The van der Waals surface area contributed by atoms with Gasteiger partial charge in [-0.05, 0) is 30.3 Å². The molecule has 0 N–H and O–H groups in total. The number of nitro groups is 1. The number of benzene rings is 2. The Morgan fingerprint density at radius 1 is 1.00 bits per heavy atom. The predicted molar refractivity (Wildman–Crippen MR) is 143 cm³/mol. The van der Waals surface area contributed by atoms with Crippen LogP contribution < -0.4 is 18.9 Å². The highest BCUT2D eigenvalue weighted by molar-refractivity contribution is 7.88. The first kappa shape index (κ1) is 29.7. The van der Waals surface area contributed by atoms with Crippen molar-refractivity contribution in [3.63, 3.8) is 0 Å². The van der Waals surface area contributed by atoms with Crippen molar-refractivity contribution in [3.8, 4) is 23.0 Å². The predicted octanol–water partition coefficient (Wildman–Crippen LogP) is 3.16. The first-order valence-electron chi connectivity index (χ1n) is 11.8. The highest BCUT2D eigenvalue weighted by atomic mass is 32.2. The van der Waals surface area contributed by atoms with Crippen molar-refractivity contribution < 1.29 is 51.0 Å². The van der Waals surface area contributed by atoms with Gasteiger partial charge in [0.05, 0.1) is 40.0 Å². The van der Waals surface area contributed by atoms with Gasteiger partial charge in [0, 0.05) is 24.1 Å². The number of carbonyl (C=O) groups is 2. The van der Waals surface area contributed by atoms with Crippen molar-refractivity contribution in [3.05, 3.63) is 69.6 Å². The van der Waals surface area contributed by atoms with Gasteiger partial charge in [-0.25, -0.2) is 4.79 Å². The zero-order chi connectivity index (χ0) is 30.8. The molecule has 1 amide bonds. The summed E-state index contributed by atoms with van der Waals surface area (Å²) in [6.07, 6.45) is -1.35. The molecule has 0 bridgehead atoms. The van der Waals surface area contributed by atoms with Crippen LogP contribution >= 0.6 is 0 Å². The molecule has 4 rings (SSSR count). The second kappa shape index (κ2) is 11.7. The first-order chi connectivity index (χ1) is 20.0. The van der Waals surface area contributed by atoms with E-state index in [1.54, 1.807) is 0 Å². The van der Waals surface area contributed by atoms with E-state index in [0.717, 1.165) is 13.1 Å². The van der Waals surface area contributed by atoms with E-state index < -0.39 is 39.5 Å². The number of aromatic nitrogens is 2.